The number of hydrogen-bond donors (Lipinski definition) is 3. The summed E-state index contributed by atoms with van der Waals surface area (Å²) in [6.45, 7) is 1.20. The van der Waals surface area contributed by atoms with Crippen LogP contribution in [0.2, 0.25) is 0 Å². The number of benzene rings is 1. The lowest BCUT2D eigenvalue weighted by atomic mass is 10.0. The third-order valence-corrected chi connectivity index (χ3v) is 4.91. The van der Waals surface area contributed by atoms with E-state index >= 15 is 0 Å². The van der Waals surface area contributed by atoms with Gasteiger partial charge in [-0.15, -0.1) is 0 Å². The summed E-state index contributed by atoms with van der Waals surface area (Å²) in [5.41, 5.74) is 1.78. The van der Waals surface area contributed by atoms with Crippen LogP contribution in [-0.4, -0.2) is 18.5 Å². The minimum absolute atomic E-state index is 0.102. The average Bonchev–Trinajstić information content (AvgIpc) is 3.31. The van der Waals surface area contributed by atoms with Crippen LogP contribution < -0.4 is 16.0 Å². The molecule has 5 nitrogen and oxygen atoms in total. The Morgan fingerprint density at radius 3 is 2.58 bits per heavy atom. The van der Waals surface area contributed by atoms with Crippen molar-refractivity contribution in [1.82, 2.24) is 10.6 Å². The molecule has 1 aromatic carbocycles. The van der Waals surface area contributed by atoms with Crippen LogP contribution in [0.1, 0.15) is 50.5 Å². The molecule has 24 heavy (non-hydrogen) atoms. The average molecular weight is 329 g/mol. The molecule has 3 amide bonds. The largest absolute Gasteiger partial charge is 0.338 e. The number of anilines is 1. The Bertz CT molecular complexity index is 578. The Morgan fingerprint density at radius 2 is 1.83 bits per heavy atom. The van der Waals surface area contributed by atoms with Crippen LogP contribution in [0.3, 0.4) is 0 Å². The van der Waals surface area contributed by atoms with E-state index in [-0.39, 0.29) is 17.9 Å². The molecule has 5 heteroatoms. The van der Waals surface area contributed by atoms with Gasteiger partial charge in [0.15, 0.2) is 0 Å². The fourth-order valence-corrected chi connectivity index (χ4v) is 3.28. The van der Waals surface area contributed by atoms with E-state index < -0.39 is 0 Å². The molecule has 0 saturated heterocycles. The summed E-state index contributed by atoms with van der Waals surface area (Å²) in [5.74, 6) is 1.08. The molecule has 130 valence electrons. The minimum atomic E-state index is -0.125. The molecule has 2 aliphatic rings. The quantitative estimate of drug-likeness (QED) is 0.717. The minimum Gasteiger partial charge on any atom is -0.338 e. The molecule has 0 atom stereocenters. The van der Waals surface area contributed by atoms with Gasteiger partial charge in [-0.05, 0) is 42.9 Å². The van der Waals surface area contributed by atoms with E-state index in [1.165, 1.54) is 25.7 Å². The molecule has 2 saturated carbocycles. The van der Waals surface area contributed by atoms with Gasteiger partial charge in [-0.2, -0.15) is 0 Å². The highest BCUT2D eigenvalue weighted by atomic mass is 16.2. The van der Waals surface area contributed by atoms with Gasteiger partial charge in [0.2, 0.25) is 5.91 Å². The normalized spacial score (nSPS) is 17.5. The maximum atomic E-state index is 11.9. The van der Waals surface area contributed by atoms with Crippen molar-refractivity contribution in [2.75, 3.05) is 11.9 Å². The van der Waals surface area contributed by atoms with Gasteiger partial charge in [0.25, 0.3) is 0 Å². The lowest BCUT2D eigenvalue weighted by Gasteiger charge is -2.11. The molecule has 0 bridgehead atoms. The number of carbonyl (C=O) groups excluding carboxylic acids is 2. The summed E-state index contributed by atoms with van der Waals surface area (Å²) in [4.78, 5) is 23.6. The molecule has 2 aliphatic carbocycles. The second-order valence-electron chi connectivity index (χ2n) is 7.01. The lowest BCUT2D eigenvalue weighted by Crippen LogP contribution is -2.36. The van der Waals surface area contributed by atoms with Gasteiger partial charge in [0, 0.05) is 24.7 Å². The van der Waals surface area contributed by atoms with Crippen molar-refractivity contribution in [1.29, 1.82) is 0 Å². The Kier molecular flexibility index (Phi) is 5.72. The molecule has 0 radical (unpaired) electrons. The van der Waals surface area contributed by atoms with Gasteiger partial charge in [0.1, 0.15) is 0 Å². The maximum absolute atomic E-state index is 11.9. The Balaban J connectivity index is 1.37. The first-order valence-electron chi connectivity index (χ1n) is 9.12. The van der Waals surface area contributed by atoms with Crippen LogP contribution in [0.5, 0.6) is 0 Å². The SMILES string of the molecule is O=C(NCCC1CCCC1)NCc1cccc(NC(=O)C2CC2)c1. The van der Waals surface area contributed by atoms with E-state index in [0.29, 0.717) is 6.54 Å². The van der Waals surface area contributed by atoms with Crippen molar-refractivity contribution in [3.05, 3.63) is 29.8 Å². The Labute approximate surface area is 143 Å². The van der Waals surface area contributed by atoms with E-state index in [1.807, 2.05) is 24.3 Å². The van der Waals surface area contributed by atoms with Gasteiger partial charge in [-0.3, -0.25) is 4.79 Å². The van der Waals surface area contributed by atoms with E-state index in [0.717, 1.165) is 43.0 Å². The summed E-state index contributed by atoms with van der Waals surface area (Å²) in [6, 6.07) is 7.52. The predicted octanol–water partition coefficient (Wildman–Crippen LogP) is 3.41. The van der Waals surface area contributed by atoms with Crippen LogP contribution in [-0.2, 0) is 11.3 Å². The van der Waals surface area contributed by atoms with Crippen LogP contribution in [0.4, 0.5) is 10.5 Å². The number of hydrogen-bond acceptors (Lipinski definition) is 2. The lowest BCUT2D eigenvalue weighted by molar-refractivity contribution is -0.117. The summed E-state index contributed by atoms with van der Waals surface area (Å²) < 4.78 is 0. The molecular weight excluding hydrogens is 302 g/mol. The van der Waals surface area contributed by atoms with Crippen molar-refractivity contribution < 1.29 is 9.59 Å². The number of rotatable bonds is 7. The zero-order valence-electron chi connectivity index (χ0n) is 14.1. The van der Waals surface area contributed by atoms with Crippen molar-refractivity contribution in [2.45, 2.75) is 51.5 Å². The van der Waals surface area contributed by atoms with Crippen molar-refractivity contribution in [2.24, 2.45) is 11.8 Å². The molecular formula is C19H27N3O2. The smallest absolute Gasteiger partial charge is 0.315 e. The first kappa shape index (κ1) is 16.8. The molecule has 0 heterocycles. The van der Waals surface area contributed by atoms with Crippen LogP contribution >= 0.6 is 0 Å². The predicted molar refractivity (Wildman–Crippen MR) is 94.6 cm³/mol. The second kappa shape index (κ2) is 8.18. The van der Waals surface area contributed by atoms with Crippen LogP contribution in [0.15, 0.2) is 24.3 Å². The van der Waals surface area contributed by atoms with Gasteiger partial charge in [-0.25, -0.2) is 4.79 Å². The van der Waals surface area contributed by atoms with E-state index in [4.69, 9.17) is 0 Å². The fraction of sp³-hybridized carbons (Fsp3) is 0.579. The second-order valence-corrected chi connectivity index (χ2v) is 7.01. The van der Waals surface area contributed by atoms with E-state index in [1.54, 1.807) is 0 Å². The molecule has 0 aliphatic heterocycles. The zero-order chi connectivity index (χ0) is 16.8. The molecule has 0 aromatic heterocycles. The first-order valence-corrected chi connectivity index (χ1v) is 9.12. The van der Waals surface area contributed by atoms with Crippen molar-refractivity contribution >= 4 is 17.6 Å². The van der Waals surface area contributed by atoms with E-state index in [9.17, 15) is 9.59 Å². The Hall–Kier alpha value is -2.04. The standard InChI is InChI=1S/C19H27N3O2/c23-18(16-8-9-16)22-17-7-3-6-15(12-17)13-21-19(24)20-11-10-14-4-1-2-5-14/h3,6-7,12,14,16H,1-2,4-5,8-11,13H2,(H,22,23)(H2,20,21,24). The molecule has 3 N–H and O–H groups in total. The third kappa shape index (κ3) is 5.25. The molecule has 2 fully saturated rings. The van der Waals surface area contributed by atoms with Crippen LogP contribution in [0, 0.1) is 11.8 Å². The molecule has 3 rings (SSSR count). The van der Waals surface area contributed by atoms with Crippen LogP contribution in [0.25, 0.3) is 0 Å². The highest BCUT2D eigenvalue weighted by Gasteiger charge is 2.29. The Morgan fingerprint density at radius 1 is 1.04 bits per heavy atom. The number of amides is 3. The van der Waals surface area contributed by atoms with E-state index in [2.05, 4.69) is 16.0 Å². The monoisotopic (exact) mass is 329 g/mol. The number of urea groups is 1. The fourth-order valence-electron chi connectivity index (χ4n) is 3.28. The summed E-state index contributed by atoms with van der Waals surface area (Å²) in [5, 5.41) is 8.74. The van der Waals surface area contributed by atoms with Gasteiger partial charge >= 0.3 is 6.03 Å². The summed E-state index contributed by atoms with van der Waals surface area (Å²) >= 11 is 0. The van der Waals surface area contributed by atoms with Gasteiger partial charge < -0.3 is 16.0 Å². The highest BCUT2D eigenvalue weighted by Crippen LogP contribution is 2.30. The number of nitrogens with one attached hydrogen (secondary N) is 3. The molecule has 0 spiro atoms. The topological polar surface area (TPSA) is 70.2 Å². The maximum Gasteiger partial charge on any atom is 0.315 e. The first-order chi connectivity index (χ1) is 11.7. The molecule has 1 aromatic rings. The summed E-state index contributed by atoms with van der Waals surface area (Å²) in [6.07, 6.45) is 8.36. The summed E-state index contributed by atoms with van der Waals surface area (Å²) in [7, 11) is 0. The highest BCUT2D eigenvalue weighted by molar-refractivity contribution is 5.94. The van der Waals surface area contributed by atoms with Gasteiger partial charge in [0.05, 0.1) is 0 Å². The zero-order valence-corrected chi connectivity index (χ0v) is 14.1. The van der Waals surface area contributed by atoms with Crippen molar-refractivity contribution in [3.63, 3.8) is 0 Å². The van der Waals surface area contributed by atoms with Gasteiger partial charge in [-0.1, -0.05) is 37.8 Å². The third-order valence-electron chi connectivity index (χ3n) is 4.91. The van der Waals surface area contributed by atoms with Crippen molar-refractivity contribution in [3.8, 4) is 0 Å². The molecule has 0 unspecified atom stereocenters. The number of carbonyl (C=O) groups is 2.